The van der Waals surface area contributed by atoms with Crippen LogP contribution in [0, 0.1) is 0 Å². The third-order valence-corrected chi connectivity index (χ3v) is 17.7. The van der Waals surface area contributed by atoms with Crippen LogP contribution in [0.5, 0.6) is 57.8 Å². The highest BCUT2D eigenvalue weighted by atomic mass is 16.5. The van der Waals surface area contributed by atoms with Gasteiger partial charge in [0.2, 0.25) is 5.75 Å². The predicted octanol–water partition coefficient (Wildman–Crippen LogP) is 20.1. The molecule has 562 valence electrons. The average molecular weight is 1510 g/mol. The highest BCUT2D eigenvalue weighted by Crippen LogP contribution is 2.42. The molecule has 21 nitrogen and oxygen atoms in total. The lowest BCUT2D eigenvalue weighted by Gasteiger charge is -2.14. The molecule has 0 fully saturated rings. The van der Waals surface area contributed by atoms with Crippen LogP contribution in [0.1, 0.15) is 0 Å². The predicted molar refractivity (Wildman–Crippen MR) is 444 cm³/mol. The minimum Gasteiger partial charge on any atom is -0.507 e. The van der Waals surface area contributed by atoms with Crippen molar-refractivity contribution in [2.75, 3.05) is 28.4 Å². The van der Waals surface area contributed by atoms with Gasteiger partial charge in [-0.1, -0.05) is 261 Å². The van der Waals surface area contributed by atoms with Gasteiger partial charge in [0, 0.05) is 45.0 Å². The minimum absolute atomic E-state index is 0.0542. The number of hydrogen-bond acceptors (Lipinski definition) is 21. The number of ether oxygens (including phenoxy) is 5. The van der Waals surface area contributed by atoms with Crippen LogP contribution in [-0.4, -0.2) is 109 Å². The molecule has 0 saturated carbocycles. The van der Waals surface area contributed by atoms with E-state index in [-0.39, 0.29) is 29.0 Å². The van der Waals surface area contributed by atoms with E-state index in [1.807, 2.05) is 237 Å². The Bertz CT molecular complexity index is 6030. The average Bonchev–Trinajstić information content (AvgIpc) is 0.774. The number of hydrogen-bond donors (Lipinski definition) is 4. The molecule has 0 radical (unpaired) electrons. The number of phenolic OH excluding ortho intramolecular Hbond substituents is 4. The van der Waals surface area contributed by atoms with Crippen LogP contribution in [0.3, 0.4) is 0 Å². The highest BCUT2D eigenvalue weighted by molar-refractivity contribution is 5.76. The third-order valence-electron chi connectivity index (χ3n) is 17.7. The Kier molecular flexibility index (Phi) is 24.1. The Morgan fingerprint density at radius 1 is 0.191 bits per heavy atom. The fourth-order valence-electron chi connectivity index (χ4n) is 11.9. The summed E-state index contributed by atoms with van der Waals surface area (Å²) in [6.07, 6.45) is 0. The van der Waals surface area contributed by atoms with Crippen LogP contribution in [0.15, 0.2) is 340 Å². The molecular weight excluding hydrogens is 1440 g/mol. The Morgan fingerprint density at radius 2 is 0.452 bits per heavy atom. The van der Waals surface area contributed by atoms with Gasteiger partial charge < -0.3 is 44.1 Å². The van der Waals surface area contributed by atoms with Crippen LogP contribution in [-0.2, 0) is 0 Å². The Labute approximate surface area is 662 Å². The van der Waals surface area contributed by atoms with Crippen molar-refractivity contribution in [2.24, 2.45) is 0 Å². The first-order chi connectivity index (χ1) is 56.4. The zero-order chi connectivity index (χ0) is 79.2. The molecule has 4 N–H and O–H groups in total. The van der Waals surface area contributed by atoms with E-state index in [0.717, 1.165) is 44.5 Å². The summed E-state index contributed by atoms with van der Waals surface area (Å²) in [5.41, 5.74) is 10.3. The maximum atomic E-state index is 10.4. The molecule has 0 aliphatic rings. The molecule has 17 aromatic rings. The van der Waals surface area contributed by atoms with Crippen molar-refractivity contribution >= 4 is 0 Å². The lowest BCUT2D eigenvalue weighted by atomic mass is 10.0. The molecule has 4 aromatic heterocycles. The van der Waals surface area contributed by atoms with Gasteiger partial charge in [-0.2, -0.15) is 9.97 Å². The number of para-hydroxylation sites is 4. The van der Waals surface area contributed by atoms with Gasteiger partial charge in [0.1, 0.15) is 34.5 Å². The number of rotatable bonds is 18. The van der Waals surface area contributed by atoms with Gasteiger partial charge in [-0.05, 0) is 83.9 Å². The van der Waals surface area contributed by atoms with Gasteiger partial charge in [-0.25, -0.2) is 49.8 Å². The Hall–Kier alpha value is -15.9. The summed E-state index contributed by atoms with van der Waals surface area (Å²) in [6.45, 7) is 0. The van der Waals surface area contributed by atoms with E-state index in [2.05, 4.69) is 79.1 Å². The van der Waals surface area contributed by atoms with Crippen LogP contribution < -0.4 is 23.7 Å². The van der Waals surface area contributed by atoms with E-state index in [1.165, 1.54) is 0 Å². The smallest absolute Gasteiger partial charge is 0.326 e. The van der Waals surface area contributed by atoms with Crippen molar-refractivity contribution in [2.45, 2.75) is 0 Å². The summed E-state index contributed by atoms with van der Waals surface area (Å²) < 4.78 is 27.3. The standard InChI is InChI=1S/C27H19N3O.C24H21N3O4.C22H17N3O2.C21H15N3O2/c31-24-14-8-7-13-23(24)27-29-25(21-11-5-2-6-12-21)28-26(30-27)22-17-15-20(16-18-22)19-9-3-1-4-10-19;1-29-19-13-16(14-20(30-2)21(19)31-3)23-25-22(15-9-5-4-6-10-15)26-24(27-23)17-11-7-8-12-18(17)28;1-27-17-12-13-18(19(26)14-17)22-24-20(15-8-4-2-5-9-15)23-21(25-22)16-10-6-3-7-11-16;25-18-14-8-7-13-17(18)20-22-19(15-9-3-1-4-10-15)23-21(24-20)26-16-11-5-2-6-12-16/h1-18,31H;4-14,28H,1-3H3;2-14,26H,1H3;1-14,25H. The number of aromatic hydroxyl groups is 4. The normalized spacial score (nSPS) is 10.6. The van der Waals surface area contributed by atoms with Gasteiger partial charge in [0.05, 0.1) is 50.7 Å². The topological polar surface area (TPSA) is 282 Å². The first-order valence-electron chi connectivity index (χ1n) is 36.2. The maximum absolute atomic E-state index is 10.4. The van der Waals surface area contributed by atoms with Crippen molar-refractivity contribution in [3.63, 3.8) is 0 Å². The molecule has 0 aliphatic carbocycles. The van der Waals surface area contributed by atoms with E-state index in [1.54, 1.807) is 107 Å². The molecule has 0 saturated heterocycles. The van der Waals surface area contributed by atoms with E-state index >= 15 is 0 Å². The number of aromatic nitrogens is 12. The lowest BCUT2D eigenvalue weighted by Crippen LogP contribution is -2.01. The summed E-state index contributed by atoms with van der Waals surface area (Å²) >= 11 is 0. The molecule has 0 bridgehead atoms. The maximum Gasteiger partial charge on any atom is 0.326 e. The van der Waals surface area contributed by atoms with Crippen LogP contribution in [0.4, 0.5) is 0 Å². The second-order valence-corrected chi connectivity index (χ2v) is 25.2. The van der Waals surface area contributed by atoms with Gasteiger partial charge in [0.25, 0.3) is 0 Å². The van der Waals surface area contributed by atoms with Crippen molar-refractivity contribution in [1.82, 2.24) is 59.8 Å². The highest BCUT2D eigenvalue weighted by Gasteiger charge is 2.22. The van der Waals surface area contributed by atoms with E-state index in [0.29, 0.717) is 121 Å². The molecule has 13 aromatic carbocycles. The van der Waals surface area contributed by atoms with Crippen LogP contribution in [0.25, 0.3) is 136 Å². The second-order valence-electron chi connectivity index (χ2n) is 25.2. The quantitative estimate of drug-likeness (QED) is 0.0621. The van der Waals surface area contributed by atoms with Crippen LogP contribution >= 0.6 is 0 Å². The molecule has 0 aliphatic heterocycles. The first-order valence-corrected chi connectivity index (χ1v) is 36.2. The lowest BCUT2D eigenvalue weighted by molar-refractivity contribution is 0.324. The molecule has 4 heterocycles. The monoisotopic (exact) mass is 1510 g/mol. The fraction of sp³-hybridized carbons (Fsp3) is 0.0426. The van der Waals surface area contributed by atoms with Crippen molar-refractivity contribution in [1.29, 1.82) is 0 Å². The minimum atomic E-state index is 0.0542. The summed E-state index contributed by atoms with van der Waals surface area (Å²) in [4.78, 5) is 55.1. The molecule has 0 spiro atoms. The zero-order valence-electron chi connectivity index (χ0n) is 62.5. The molecule has 21 heteroatoms. The van der Waals surface area contributed by atoms with Gasteiger partial charge in [-0.15, -0.1) is 0 Å². The molecular formula is C94H72N12O9. The fourth-order valence-corrected chi connectivity index (χ4v) is 11.9. The molecule has 0 unspecified atom stereocenters. The van der Waals surface area contributed by atoms with Gasteiger partial charge >= 0.3 is 6.01 Å². The van der Waals surface area contributed by atoms with Crippen molar-refractivity contribution < 1.29 is 44.1 Å². The van der Waals surface area contributed by atoms with E-state index < -0.39 is 0 Å². The summed E-state index contributed by atoms with van der Waals surface area (Å²) in [6, 6.07) is 106. The van der Waals surface area contributed by atoms with E-state index in [9.17, 15) is 20.4 Å². The summed E-state index contributed by atoms with van der Waals surface area (Å²) in [5.74, 6) is 8.18. The number of phenols is 4. The molecule has 115 heavy (non-hydrogen) atoms. The Morgan fingerprint density at radius 3 is 0.783 bits per heavy atom. The van der Waals surface area contributed by atoms with Crippen molar-refractivity contribution in [3.05, 3.63) is 340 Å². The third kappa shape index (κ3) is 18.7. The van der Waals surface area contributed by atoms with Gasteiger partial charge in [0.15, 0.2) is 75.6 Å². The van der Waals surface area contributed by atoms with Crippen LogP contribution in [0.2, 0.25) is 0 Å². The number of benzene rings is 13. The number of nitrogens with zero attached hydrogens (tertiary/aromatic N) is 12. The van der Waals surface area contributed by atoms with Gasteiger partial charge in [-0.3, -0.25) is 0 Å². The SMILES string of the molecule is COc1cc(-c2nc(-c3ccccc3)nc(-c3ccccc3O)n2)cc(OC)c1OC.COc1ccc(-c2nc(-c3ccccc3)nc(-c3ccccc3)n2)c(O)c1.Oc1ccccc1-c1nc(-c2ccccc2)nc(-c2ccc(-c3ccccc3)cc2)n1.Oc1ccccc1-c1nc(Oc2ccccc2)nc(-c2ccccc2)n1. The van der Waals surface area contributed by atoms with Crippen molar-refractivity contribution in [3.8, 4) is 194 Å². The Balaban J connectivity index is 0.000000127. The second kappa shape index (κ2) is 36.5. The first kappa shape index (κ1) is 75.9. The molecule has 0 amide bonds. The zero-order valence-corrected chi connectivity index (χ0v) is 62.5. The van der Waals surface area contributed by atoms with E-state index in [4.69, 9.17) is 28.7 Å². The largest absolute Gasteiger partial charge is 0.507 e. The number of methoxy groups -OCH3 is 4. The molecule has 0 atom stereocenters. The summed E-state index contributed by atoms with van der Waals surface area (Å²) in [7, 11) is 6.21. The summed E-state index contributed by atoms with van der Waals surface area (Å²) in [5, 5.41) is 41.3. The molecule has 17 rings (SSSR count).